The van der Waals surface area contributed by atoms with E-state index in [1.165, 1.54) is 38.9 Å². The molecule has 0 aromatic heterocycles. The summed E-state index contributed by atoms with van der Waals surface area (Å²) in [6.07, 6.45) is 3.91. The van der Waals surface area contributed by atoms with Crippen LogP contribution < -0.4 is 5.32 Å². The van der Waals surface area contributed by atoms with Crippen LogP contribution in [0.15, 0.2) is 0 Å². The Hall–Kier alpha value is -0.120. The van der Waals surface area contributed by atoms with Gasteiger partial charge in [-0.3, -0.25) is 0 Å². The quantitative estimate of drug-likeness (QED) is 0.750. The van der Waals surface area contributed by atoms with Crippen LogP contribution in [0.1, 0.15) is 33.1 Å². The molecule has 1 heterocycles. The van der Waals surface area contributed by atoms with E-state index < -0.39 is 0 Å². The Morgan fingerprint density at radius 3 is 2.87 bits per heavy atom. The van der Waals surface area contributed by atoms with Gasteiger partial charge in [-0.2, -0.15) is 0 Å². The van der Waals surface area contributed by atoms with Gasteiger partial charge in [-0.1, -0.05) is 6.92 Å². The molecule has 0 saturated carbocycles. The van der Waals surface area contributed by atoms with Gasteiger partial charge in [-0.05, 0) is 45.8 Å². The summed E-state index contributed by atoms with van der Waals surface area (Å²) in [5.41, 5.74) is 0. The van der Waals surface area contributed by atoms with Gasteiger partial charge < -0.3 is 15.0 Å². The molecule has 2 unspecified atom stereocenters. The van der Waals surface area contributed by atoms with E-state index in [1.807, 2.05) is 0 Å². The smallest absolute Gasteiger partial charge is 0.0613 e. The van der Waals surface area contributed by atoms with Crippen LogP contribution in [-0.4, -0.2) is 50.3 Å². The Morgan fingerprint density at radius 1 is 1.40 bits per heavy atom. The highest BCUT2D eigenvalue weighted by molar-refractivity contribution is 4.76. The predicted octanol–water partition coefficient (Wildman–Crippen LogP) is 1.49. The van der Waals surface area contributed by atoms with E-state index in [0.29, 0.717) is 12.1 Å². The Labute approximate surface area is 94.2 Å². The second-order valence-electron chi connectivity index (χ2n) is 4.59. The third-order valence-electron chi connectivity index (χ3n) is 3.20. The molecule has 1 aliphatic heterocycles. The van der Waals surface area contributed by atoms with Crippen LogP contribution in [0.3, 0.4) is 0 Å². The Morgan fingerprint density at radius 2 is 2.20 bits per heavy atom. The van der Waals surface area contributed by atoms with Crippen molar-refractivity contribution in [2.24, 2.45) is 0 Å². The highest BCUT2D eigenvalue weighted by Gasteiger charge is 2.17. The summed E-state index contributed by atoms with van der Waals surface area (Å²) in [7, 11) is 1.77. The molecule has 90 valence electrons. The third kappa shape index (κ3) is 4.96. The number of nitrogens with zero attached hydrogens (tertiary/aromatic N) is 1. The molecule has 2 atom stereocenters. The van der Waals surface area contributed by atoms with Gasteiger partial charge in [0.1, 0.15) is 0 Å². The topological polar surface area (TPSA) is 24.5 Å². The molecule has 3 nitrogen and oxygen atoms in total. The van der Waals surface area contributed by atoms with Crippen LogP contribution in [0, 0.1) is 0 Å². The largest absolute Gasteiger partial charge is 0.383 e. The number of nitrogens with one attached hydrogen (secondary N) is 1. The SMILES string of the molecule is CCN1CCCC(NC(C)COC)CC1. The van der Waals surface area contributed by atoms with Crippen LogP contribution in [-0.2, 0) is 4.74 Å². The highest BCUT2D eigenvalue weighted by atomic mass is 16.5. The van der Waals surface area contributed by atoms with Crippen molar-refractivity contribution in [3.05, 3.63) is 0 Å². The summed E-state index contributed by atoms with van der Waals surface area (Å²) >= 11 is 0. The highest BCUT2D eigenvalue weighted by Crippen LogP contribution is 2.11. The van der Waals surface area contributed by atoms with Gasteiger partial charge in [-0.25, -0.2) is 0 Å². The molecular formula is C12H26N2O. The predicted molar refractivity (Wildman–Crippen MR) is 64.2 cm³/mol. The van der Waals surface area contributed by atoms with Crippen LogP contribution >= 0.6 is 0 Å². The molecule has 0 amide bonds. The van der Waals surface area contributed by atoms with Crippen molar-refractivity contribution in [2.75, 3.05) is 33.4 Å². The van der Waals surface area contributed by atoms with E-state index in [1.54, 1.807) is 7.11 Å². The van der Waals surface area contributed by atoms with Gasteiger partial charge in [0.25, 0.3) is 0 Å². The van der Waals surface area contributed by atoms with E-state index in [-0.39, 0.29) is 0 Å². The van der Waals surface area contributed by atoms with Gasteiger partial charge in [0.05, 0.1) is 6.61 Å². The van der Waals surface area contributed by atoms with Crippen LogP contribution in [0.4, 0.5) is 0 Å². The van der Waals surface area contributed by atoms with Gasteiger partial charge in [0.2, 0.25) is 0 Å². The maximum atomic E-state index is 5.15. The van der Waals surface area contributed by atoms with Crippen LogP contribution in [0.25, 0.3) is 0 Å². The first-order valence-corrected chi connectivity index (χ1v) is 6.23. The lowest BCUT2D eigenvalue weighted by Gasteiger charge is -2.22. The number of hydrogen-bond acceptors (Lipinski definition) is 3. The molecule has 3 heteroatoms. The first kappa shape index (κ1) is 12.9. The van der Waals surface area contributed by atoms with Crippen molar-refractivity contribution in [3.8, 4) is 0 Å². The average molecular weight is 214 g/mol. The second-order valence-corrected chi connectivity index (χ2v) is 4.59. The van der Waals surface area contributed by atoms with Gasteiger partial charge >= 0.3 is 0 Å². The molecule has 0 aromatic carbocycles. The maximum absolute atomic E-state index is 5.15. The minimum Gasteiger partial charge on any atom is -0.383 e. The summed E-state index contributed by atoms with van der Waals surface area (Å²) < 4.78 is 5.15. The zero-order valence-corrected chi connectivity index (χ0v) is 10.5. The number of likely N-dealkylation sites (tertiary alicyclic amines) is 1. The average Bonchev–Trinajstić information content (AvgIpc) is 2.43. The molecule has 1 fully saturated rings. The number of methoxy groups -OCH3 is 1. The van der Waals surface area contributed by atoms with Crippen LogP contribution in [0.5, 0.6) is 0 Å². The lowest BCUT2D eigenvalue weighted by molar-refractivity contribution is 0.164. The molecule has 0 aromatic rings. The van der Waals surface area contributed by atoms with Gasteiger partial charge in [0, 0.05) is 19.2 Å². The maximum Gasteiger partial charge on any atom is 0.0613 e. The second kappa shape index (κ2) is 7.20. The van der Waals surface area contributed by atoms with Crippen molar-refractivity contribution in [2.45, 2.75) is 45.2 Å². The van der Waals surface area contributed by atoms with E-state index in [4.69, 9.17) is 4.74 Å². The fourth-order valence-corrected chi connectivity index (χ4v) is 2.34. The van der Waals surface area contributed by atoms with Crippen molar-refractivity contribution in [1.82, 2.24) is 10.2 Å². The minimum absolute atomic E-state index is 0.480. The van der Waals surface area contributed by atoms with Gasteiger partial charge in [-0.15, -0.1) is 0 Å². The zero-order valence-electron chi connectivity index (χ0n) is 10.5. The van der Waals surface area contributed by atoms with Crippen molar-refractivity contribution in [3.63, 3.8) is 0 Å². The summed E-state index contributed by atoms with van der Waals surface area (Å²) in [5.74, 6) is 0. The summed E-state index contributed by atoms with van der Waals surface area (Å²) in [5, 5.41) is 3.65. The molecular weight excluding hydrogens is 188 g/mol. The monoisotopic (exact) mass is 214 g/mol. The van der Waals surface area contributed by atoms with E-state index in [9.17, 15) is 0 Å². The lowest BCUT2D eigenvalue weighted by atomic mass is 10.1. The van der Waals surface area contributed by atoms with E-state index in [0.717, 1.165) is 6.61 Å². The summed E-state index contributed by atoms with van der Waals surface area (Å²) in [6.45, 7) is 8.98. The molecule has 1 aliphatic rings. The lowest BCUT2D eigenvalue weighted by Crippen LogP contribution is -2.39. The molecule has 0 bridgehead atoms. The van der Waals surface area contributed by atoms with Crippen molar-refractivity contribution >= 4 is 0 Å². The normalized spacial score (nSPS) is 26.2. The first-order valence-electron chi connectivity index (χ1n) is 6.23. The van der Waals surface area contributed by atoms with Crippen molar-refractivity contribution < 1.29 is 4.74 Å². The third-order valence-corrected chi connectivity index (χ3v) is 3.20. The zero-order chi connectivity index (χ0) is 11.1. The van der Waals surface area contributed by atoms with Crippen molar-refractivity contribution in [1.29, 1.82) is 0 Å². The Kier molecular flexibility index (Phi) is 6.22. The summed E-state index contributed by atoms with van der Waals surface area (Å²) in [6, 6.07) is 1.17. The fourth-order valence-electron chi connectivity index (χ4n) is 2.34. The number of ether oxygens (including phenoxy) is 1. The van der Waals surface area contributed by atoms with Crippen LogP contribution in [0.2, 0.25) is 0 Å². The molecule has 1 rings (SSSR count). The Balaban J connectivity index is 2.24. The number of hydrogen-bond donors (Lipinski definition) is 1. The molecule has 1 saturated heterocycles. The molecule has 0 radical (unpaired) electrons. The molecule has 1 N–H and O–H groups in total. The first-order chi connectivity index (χ1) is 7.26. The van der Waals surface area contributed by atoms with E-state index in [2.05, 4.69) is 24.1 Å². The molecule has 0 spiro atoms. The molecule has 15 heavy (non-hydrogen) atoms. The summed E-state index contributed by atoms with van der Waals surface area (Å²) in [4.78, 5) is 2.54. The van der Waals surface area contributed by atoms with Gasteiger partial charge in [0.15, 0.2) is 0 Å². The minimum atomic E-state index is 0.480. The Bertz CT molecular complexity index is 164. The molecule has 0 aliphatic carbocycles. The van der Waals surface area contributed by atoms with E-state index >= 15 is 0 Å². The standard InChI is InChI=1S/C12H26N2O/c1-4-14-8-5-6-12(7-9-14)13-11(2)10-15-3/h11-13H,4-10H2,1-3H3. The fraction of sp³-hybridized carbons (Fsp3) is 1.00. The number of rotatable bonds is 5.